The SMILES string of the molecule is CC1CN(CC(=O)c2ccc3c(c2)OCO3)CCN1C. The van der Waals surface area contributed by atoms with Crippen LogP contribution in [0.2, 0.25) is 0 Å². The molecule has 5 heteroatoms. The number of likely N-dealkylation sites (N-methyl/N-ethyl adjacent to an activating group) is 1. The molecule has 0 amide bonds. The van der Waals surface area contributed by atoms with E-state index >= 15 is 0 Å². The number of ketones is 1. The van der Waals surface area contributed by atoms with E-state index in [0.717, 1.165) is 25.4 Å². The topological polar surface area (TPSA) is 42.0 Å². The van der Waals surface area contributed by atoms with Crippen molar-refractivity contribution in [1.29, 1.82) is 0 Å². The van der Waals surface area contributed by atoms with Crippen LogP contribution in [0.1, 0.15) is 17.3 Å². The summed E-state index contributed by atoms with van der Waals surface area (Å²) in [6, 6.07) is 5.90. The Kier molecular flexibility index (Phi) is 3.63. The van der Waals surface area contributed by atoms with Crippen molar-refractivity contribution in [2.75, 3.05) is 40.0 Å². The molecule has 0 N–H and O–H groups in total. The molecule has 20 heavy (non-hydrogen) atoms. The maximum atomic E-state index is 12.3. The Morgan fingerprint density at radius 3 is 2.90 bits per heavy atom. The van der Waals surface area contributed by atoms with Gasteiger partial charge in [-0.2, -0.15) is 0 Å². The van der Waals surface area contributed by atoms with Crippen LogP contribution in [0.3, 0.4) is 0 Å². The summed E-state index contributed by atoms with van der Waals surface area (Å²) in [5, 5.41) is 0. The minimum atomic E-state index is 0.139. The van der Waals surface area contributed by atoms with Gasteiger partial charge in [0, 0.05) is 31.2 Å². The first-order valence-corrected chi connectivity index (χ1v) is 6.99. The maximum absolute atomic E-state index is 12.3. The Morgan fingerprint density at radius 2 is 2.10 bits per heavy atom. The Hall–Kier alpha value is -1.59. The molecule has 108 valence electrons. The van der Waals surface area contributed by atoms with Gasteiger partial charge in [0.25, 0.3) is 0 Å². The highest BCUT2D eigenvalue weighted by molar-refractivity contribution is 5.98. The summed E-state index contributed by atoms with van der Waals surface area (Å²) >= 11 is 0. The average Bonchev–Trinajstić information content (AvgIpc) is 2.90. The number of hydrogen-bond donors (Lipinski definition) is 0. The third kappa shape index (κ3) is 2.64. The number of benzene rings is 1. The molecule has 0 bridgehead atoms. The van der Waals surface area contributed by atoms with E-state index in [-0.39, 0.29) is 12.6 Å². The van der Waals surface area contributed by atoms with Gasteiger partial charge >= 0.3 is 0 Å². The summed E-state index contributed by atoms with van der Waals surface area (Å²) in [6.45, 7) is 5.79. The van der Waals surface area contributed by atoms with Gasteiger partial charge in [-0.25, -0.2) is 0 Å². The van der Waals surface area contributed by atoms with E-state index in [1.54, 1.807) is 6.07 Å². The highest BCUT2D eigenvalue weighted by atomic mass is 16.7. The second-order valence-corrected chi connectivity index (χ2v) is 5.56. The largest absolute Gasteiger partial charge is 0.454 e. The van der Waals surface area contributed by atoms with Gasteiger partial charge in [-0.05, 0) is 32.2 Å². The van der Waals surface area contributed by atoms with E-state index in [0.29, 0.717) is 23.9 Å². The van der Waals surface area contributed by atoms with Crippen LogP contribution in [0, 0.1) is 0 Å². The molecule has 0 spiro atoms. The van der Waals surface area contributed by atoms with Crippen molar-refractivity contribution < 1.29 is 14.3 Å². The number of Topliss-reactive ketones (excluding diaryl/α,β-unsaturated/α-hetero) is 1. The fraction of sp³-hybridized carbons (Fsp3) is 0.533. The summed E-state index contributed by atoms with van der Waals surface area (Å²) in [6.07, 6.45) is 0. The fourth-order valence-corrected chi connectivity index (χ4v) is 2.63. The fourth-order valence-electron chi connectivity index (χ4n) is 2.63. The highest BCUT2D eigenvalue weighted by Gasteiger charge is 2.23. The summed E-state index contributed by atoms with van der Waals surface area (Å²) in [7, 11) is 2.13. The van der Waals surface area contributed by atoms with Crippen LogP contribution in [0.4, 0.5) is 0 Å². The standard InChI is InChI=1S/C15H20N2O3/c1-11-8-17(6-5-16(11)2)9-13(18)12-3-4-14-15(7-12)20-10-19-14/h3-4,7,11H,5-6,8-10H2,1-2H3. The molecule has 2 aliphatic heterocycles. The van der Waals surface area contributed by atoms with E-state index in [4.69, 9.17) is 9.47 Å². The van der Waals surface area contributed by atoms with Crippen LogP contribution in [-0.2, 0) is 0 Å². The number of rotatable bonds is 3. The number of ether oxygens (including phenoxy) is 2. The Bertz CT molecular complexity index is 518. The van der Waals surface area contributed by atoms with Gasteiger partial charge in [0.05, 0.1) is 6.54 Å². The second-order valence-electron chi connectivity index (χ2n) is 5.56. The molecule has 1 atom stereocenters. The van der Waals surface area contributed by atoms with Crippen LogP contribution in [0.5, 0.6) is 11.5 Å². The van der Waals surface area contributed by atoms with Crippen molar-refractivity contribution in [2.24, 2.45) is 0 Å². The zero-order chi connectivity index (χ0) is 14.1. The molecule has 5 nitrogen and oxygen atoms in total. The first kappa shape index (κ1) is 13.4. The minimum Gasteiger partial charge on any atom is -0.454 e. The van der Waals surface area contributed by atoms with Crippen LogP contribution < -0.4 is 9.47 Å². The van der Waals surface area contributed by atoms with Crippen molar-refractivity contribution in [2.45, 2.75) is 13.0 Å². The van der Waals surface area contributed by atoms with Crippen molar-refractivity contribution in [3.63, 3.8) is 0 Å². The van der Waals surface area contributed by atoms with Crippen molar-refractivity contribution >= 4 is 5.78 Å². The molecule has 0 aromatic heterocycles. The zero-order valence-electron chi connectivity index (χ0n) is 12.0. The normalized spacial score (nSPS) is 23.0. The minimum absolute atomic E-state index is 0.139. The first-order valence-electron chi connectivity index (χ1n) is 6.99. The smallest absolute Gasteiger partial charge is 0.231 e. The van der Waals surface area contributed by atoms with Gasteiger partial charge in [-0.15, -0.1) is 0 Å². The van der Waals surface area contributed by atoms with Gasteiger partial charge in [-0.1, -0.05) is 0 Å². The lowest BCUT2D eigenvalue weighted by molar-refractivity contribution is 0.0785. The molecule has 1 aromatic carbocycles. The number of fused-ring (bicyclic) bond motifs is 1. The zero-order valence-corrected chi connectivity index (χ0v) is 12.0. The highest BCUT2D eigenvalue weighted by Crippen LogP contribution is 2.32. The van der Waals surface area contributed by atoms with E-state index in [2.05, 4.69) is 23.8 Å². The number of carbonyl (C=O) groups excluding carboxylic acids is 1. The number of piperazine rings is 1. The van der Waals surface area contributed by atoms with Crippen molar-refractivity contribution in [1.82, 2.24) is 9.80 Å². The molecule has 1 saturated heterocycles. The maximum Gasteiger partial charge on any atom is 0.231 e. The lowest BCUT2D eigenvalue weighted by Gasteiger charge is -2.37. The molecule has 3 rings (SSSR count). The summed E-state index contributed by atoms with van der Waals surface area (Å²) < 4.78 is 10.6. The molecule has 1 aromatic rings. The summed E-state index contributed by atoms with van der Waals surface area (Å²) in [5.41, 5.74) is 0.695. The summed E-state index contributed by atoms with van der Waals surface area (Å²) in [5.74, 6) is 1.53. The van der Waals surface area contributed by atoms with Crippen LogP contribution in [0.25, 0.3) is 0 Å². The van der Waals surface area contributed by atoms with E-state index < -0.39 is 0 Å². The first-order chi connectivity index (χ1) is 9.63. The number of nitrogens with zero attached hydrogens (tertiary/aromatic N) is 2. The Balaban J connectivity index is 1.65. The van der Waals surface area contributed by atoms with Gasteiger partial charge in [0.15, 0.2) is 17.3 Å². The van der Waals surface area contributed by atoms with E-state index in [9.17, 15) is 4.79 Å². The van der Waals surface area contributed by atoms with Crippen molar-refractivity contribution in [3.05, 3.63) is 23.8 Å². The molecule has 0 radical (unpaired) electrons. The van der Waals surface area contributed by atoms with Crippen LogP contribution >= 0.6 is 0 Å². The van der Waals surface area contributed by atoms with Crippen LogP contribution in [0.15, 0.2) is 18.2 Å². The molecule has 0 saturated carbocycles. The van der Waals surface area contributed by atoms with E-state index in [1.807, 2.05) is 12.1 Å². The third-order valence-electron chi connectivity index (χ3n) is 4.11. The average molecular weight is 276 g/mol. The third-order valence-corrected chi connectivity index (χ3v) is 4.11. The monoisotopic (exact) mass is 276 g/mol. The van der Waals surface area contributed by atoms with Gasteiger partial charge in [0.1, 0.15) is 0 Å². The van der Waals surface area contributed by atoms with Gasteiger partial charge in [0.2, 0.25) is 6.79 Å². The molecule has 2 heterocycles. The molecule has 1 unspecified atom stereocenters. The van der Waals surface area contributed by atoms with Crippen LogP contribution in [-0.4, -0.2) is 61.6 Å². The molecular weight excluding hydrogens is 256 g/mol. The summed E-state index contributed by atoms with van der Waals surface area (Å²) in [4.78, 5) is 16.9. The predicted octanol–water partition coefficient (Wildman–Crippen LogP) is 1.23. The molecule has 1 fully saturated rings. The molecular formula is C15H20N2O3. The van der Waals surface area contributed by atoms with Gasteiger partial charge < -0.3 is 14.4 Å². The lowest BCUT2D eigenvalue weighted by Crippen LogP contribution is -2.51. The van der Waals surface area contributed by atoms with Crippen molar-refractivity contribution in [3.8, 4) is 11.5 Å². The van der Waals surface area contributed by atoms with Gasteiger partial charge in [-0.3, -0.25) is 9.69 Å². The predicted molar refractivity (Wildman–Crippen MR) is 75.4 cm³/mol. The van der Waals surface area contributed by atoms with E-state index in [1.165, 1.54) is 0 Å². The number of carbonyl (C=O) groups is 1. The molecule has 2 aliphatic rings. The Morgan fingerprint density at radius 1 is 1.30 bits per heavy atom. The number of hydrogen-bond acceptors (Lipinski definition) is 5. The quantitative estimate of drug-likeness (QED) is 0.777. The molecule has 0 aliphatic carbocycles. The lowest BCUT2D eigenvalue weighted by atomic mass is 10.1. The second kappa shape index (κ2) is 5.42. The Labute approximate surface area is 119 Å².